The number of furan rings is 1. The van der Waals surface area contributed by atoms with E-state index in [9.17, 15) is 4.79 Å². The number of carbonyl (C=O) groups is 1. The van der Waals surface area contributed by atoms with Crippen LogP contribution in [0.3, 0.4) is 0 Å². The predicted octanol–water partition coefficient (Wildman–Crippen LogP) is 2.48. The minimum Gasteiger partial charge on any atom is -0.475 e. The highest BCUT2D eigenvalue weighted by Crippen LogP contribution is 2.15. The molecular formula is C13H20O5. The summed E-state index contributed by atoms with van der Waals surface area (Å²) in [5.74, 6) is -0.0479. The van der Waals surface area contributed by atoms with E-state index in [1.807, 2.05) is 0 Å². The molecule has 1 aromatic heterocycles. The maximum absolute atomic E-state index is 10.8. The van der Waals surface area contributed by atoms with Gasteiger partial charge in [0.15, 0.2) is 0 Å². The van der Waals surface area contributed by atoms with Crippen LogP contribution < -0.4 is 0 Å². The molecule has 0 aliphatic carbocycles. The summed E-state index contributed by atoms with van der Waals surface area (Å²) in [5, 5.41) is 8.82. The summed E-state index contributed by atoms with van der Waals surface area (Å²) in [7, 11) is 0. The number of carboxylic acids is 1. The van der Waals surface area contributed by atoms with Crippen LogP contribution in [-0.4, -0.2) is 30.9 Å². The van der Waals surface area contributed by atoms with Gasteiger partial charge in [0.1, 0.15) is 12.4 Å². The molecule has 5 nitrogen and oxygen atoms in total. The van der Waals surface area contributed by atoms with Gasteiger partial charge in [-0.05, 0) is 18.9 Å². The summed E-state index contributed by atoms with van der Waals surface area (Å²) in [6.45, 7) is 7.84. The summed E-state index contributed by atoms with van der Waals surface area (Å²) in [6, 6.07) is 1.68. The lowest BCUT2D eigenvalue weighted by molar-refractivity contribution is 0.0258. The number of aryl methyl sites for hydroxylation is 1. The molecule has 0 aromatic carbocycles. The van der Waals surface area contributed by atoms with Crippen LogP contribution in [0.2, 0.25) is 0 Å². The average Bonchev–Trinajstić information content (AvgIpc) is 2.64. The number of ether oxygens (including phenoxy) is 2. The normalized spacial score (nSPS) is 11.1. The highest BCUT2D eigenvalue weighted by Gasteiger charge is 2.13. The van der Waals surface area contributed by atoms with Crippen LogP contribution in [0.4, 0.5) is 0 Å². The van der Waals surface area contributed by atoms with Gasteiger partial charge in [0.25, 0.3) is 0 Å². The van der Waals surface area contributed by atoms with Gasteiger partial charge in [-0.3, -0.25) is 0 Å². The van der Waals surface area contributed by atoms with Crippen molar-refractivity contribution in [3.05, 3.63) is 23.2 Å². The Bertz CT molecular complexity index is 381. The molecule has 0 bridgehead atoms. The van der Waals surface area contributed by atoms with Crippen molar-refractivity contribution in [2.75, 3.05) is 19.8 Å². The first-order valence-corrected chi connectivity index (χ1v) is 5.98. The van der Waals surface area contributed by atoms with E-state index in [1.165, 1.54) is 0 Å². The minimum atomic E-state index is -1.06. The molecular weight excluding hydrogens is 236 g/mol. The topological polar surface area (TPSA) is 68.9 Å². The van der Waals surface area contributed by atoms with Gasteiger partial charge in [0.05, 0.1) is 13.2 Å². The zero-order valence-corrected chi connectivity index (χ0v) is 11.1. The average molecular weight is 256 g/mol. The molecule has 1 aromatic rings. The van der Waals surface area contributed by atoms with Crippen LogP contribution in [0.1, 0.15) is 35.7 Å². The first-order valence-electron chi connectivity index (χ1n) is 5.98. The van der Waals surface area contributed by atoms with Crippen molar-refractivity contribution in [3.8, 4) is 0 Å². The van der Waals surface area contributed by atoms with Crippen LogP contribution in [-0.2, 0) is 16.1 Å². The third-order valence-corrected chi connectivity index (χ3v) is 2.23. The summed E-state index contributed by atoms with van der Waals surface area (Å²) in [6.07, 6.45) is 0. The molecule has 0 saturated heterocycles. The molecule has 18 heavy (non-hydrogen) atoms. The van der Waals surface area contributed by atoms with Crippen molar-refractivity contribution in [3.63, 3.8) is 0 Å². The Morgan fingerprint density at radius 3 is 2.61 bits per heavy atom. The molecule has 0 spiro atoms. The number of hydrogen-bond donors (Lipinski definition) is 1. The first-order chi connectivity index (χ1) is 8.50. The fraction of sp³-hybridized carbons (Fsp3) is 0.615. The van der Waals surface area contributed by atoms with Crippen molar-refractivity contribution in [2.24, 2.45) is 5.92 Å². The zero-order chi connectivity index (χ0) is 13.5. The number of hydrogen-bond acceptors (Lipinski definition) is 4. The smallest absolute Gasteiger partial charge is 0.372 e. The Morgan fingerprint density at radius 1 is 1.39 bits per heavy atom. The molecule has 1 N–H and O–H groups in total. The molecule has 5 heteroatoms. The van der Waals surface area contributed by atoms with Gasteiger partial charge in [-0.25, -0.2) is 4.79 Å². The van der Waals surface area contributed by atoms with E-state index in [1.54, 1.807) is 13.0 Å². The van der Waals surface area contributed by atoms with E-state index in [2.05, 4.69) is 13.8 Å². The van der Waals surface area contributed by atoms with E-state index >= 15 is 0 Å². The van der Waals surface area contributed by atoms with Gasteiger partial charge in [-0.1, -0.05) is 13.8 Å². The fourth-order valence-electron chi connectivity index (χ4n) is 1.44. The SMILES string of the molecule is Cc1cc(COCCOCC(C)C)oc1C(=O)O. The highest BCUT2D eigenvalue weighted by atomic mass is 16.5. The maximum Gasteiger partial charge on any atom is 0.372 e. The second-order valence-electron chi connectivity index (χ2n) is 4.55. The second-order valence-corrected chi connectivity index (χ2v) is 4.55. The Balaban J connectivity index is 2.23. The van der Waals surface area contributed by atoms with E-state index in [0.717, 1.165) is 0 Å². The van der Waals surface area contributed by atoms with Crippen LogP contribution in [0.25, 0.3) is 0 Å². The van der Waals surface area contributed by atoms with Crippen LogP contribution in [0.15, 0.2) is 10.5 Å². The van der Waals surface area contributed by atoms with Crippen molar-refractivity contribution in [1.29, 1.82) is 0 Å². The standard InChI is InChI=1S/C13H20O5/c1-9(2)7-16-4-5-17-8-11-6-10(3)12(18-11)13(14)15/h6,9H,4-5,7-8H2,1-3H3,(H,14,15). The Labute approximate surface area is 107 Å². The van der Waals surface area contributed by atoms with Crippen molar-refractivity contribution < 1.29 is 23.8 Å². The molecule has 0 fully saturated rings. The largest absolute Gasteiger partial charge is 0.475 e. The molecule has 0 unspecified atom stereocenters. The lowest BCUT2D eigenvalue weighted by Crippen LogP contribution is -2.08. The summed E-state index contributed by atoms with van der Waals surface area (Å²) in [4.78, 5) is 10.8. The molecule has 102 valence electrons. The molecule has 0 radical (unpaired) electrons. The van der Waals surface area contributed by atoms with E-state index in [-0.39, 0.29) is 12.4 Å². The third-order valence-electron chi connectivity index (χ3n) is 2.23. The summed E-state index contributed by atoms with van der Waals surface area (Å²) in [5.41, 5.74) is 0.608. The molecule has 0 saturated carbocycles. The van der Waals surface area contributed by atoms with Crippen LogP contribution in [0.5, 0.6) is 0 Å². The molecule has 0 amide bonds. The van der Waals surface area contributed by atoms with E-state index in [0.29, 0.717) is 37.1 Å². The van der Waals surface area contributed by atoms with Crippen molar-refractivity contribution in [1.82, 2.24) is 0 Å². The zero-order valence-electron chi connectivity index (χ0n) is 11.1. The first kappa shape index (κ1) is 14.7. The number of rotatable bonds is 8. The predicted molar refractivity (Wildman–Crippen MR) is 65.7 cm³/mol. The number of aromatic carboxylic acids is 1. The maximum atomic E-state index is 10.8. The quantitative estimate of drug-likeness (QED) is 0.723. The van der Waals surface area contributed by atoms with Gasteiger partial charge >= 0.3 is 5.97 Å². The third kappa shape index (κ3) is 4.89. The van der Waals surface area contributed by atoms with Crippen LogP contribution >= 0.6 is 0 Å². The van der Waals surface area contributed by atoms with E-state index in [4.69, 9.17) is 19.0 Å². The summed E-state index contributed by atoms with van der Waals surface area (Å²) >= 11 is 0. The van der Waals surface area contributed by atoms with Gasteiger partial charge in [0, 0.05) is 12.2 Å². The van der Waals surface area contributed by atoms with Gasteiger partial charge in [-0.15, -0.1) is 0 Å². The van der Waals surface area contributed by atoms with Crippen molar-refractivity contribution >= 4 is 5.97 Å². The molecule has 0 atom stereocenters. The van der Waals surface area contributed by atoms with Crippen molar-refractivity contribution in [2.45, 2.75) is 27.4 Å². The molecule has 0 aliphatic heterocycles. The molecule has 0 aliphatic rings. The summed E-state index contributed by atoms with van der Waals surface area (Å²) < 4.78 is 15.8. The van der Waals surface area contributed by atoms with Gasteiger partial charge in [-0.2, -0.15) is 0 Å². The Morgan fingerprint density at radius 2 is 2.06 bits per heavy atom. The fourth-order valence-corrected chi connectivity index (χ4v) is 1.44. The van der Waals surface area contributed by atoms with Crippen LogP contribution in [0, 0.1) is 12.8 Å². The monoisotopic (exact) mass is 256 g/mol. The second kappa shape index (κ2) is 7.18. The highest BCUT2D eigenvalue weighted by molar-refractivity contribution is 5.86. The molecule has 1 heterocycles. The lowest BCUT2D eigenvalue weighted by atomic mass is 10.2. The number of carboxylic acid groups (broad SMARTS) is 1. The van der Waals surface area contributed by atoms with Gasteiger partial charge in [0.2, 0.25) is 5.76 Å². The lowest BCUT2D eigenvalue weighted by Gasteiger charge is -2.06. The van der Waals surface area contributed by atoms with Gasteiger partial charge < -0.3 is 19.0 Å². The Hall–Kier alpha value is -1.33. The minimum absolute atomic E-state index is 0.0235. The van der Waals surface area contributed by atoms with E-state index < -0.39 is 5.97 Å². The molecule has 1 rings (SSSR count). The Kier molecular flexibility index (Phi) is 5.88.